The Morgan fingerprint density at radius 1 is 1.13 bits per heavy atom. The zero-order valence-electron chi connectivity index (χ0n) is 22.7. The van der Waals surface area contributed by atoms with Crippen LogP contribution >= 0.6 is 0 Å². The lowest BCUT2D eigenvalue weighted by atomic mass is 9.96. The number of nitrogens with zero attached hydrogens (tertiary/aromatic N) is 1. The van der Waals surface area contributed by atoms with Gasteiger partial charge < -0.3 is 4.74 Å². The first-order valence-electron chi connectivity index (χ1n) is 12.9. The standard InChI is InChI=1S/C28H27F4NO3.C3H8/c1-4-9-23(28(30,31)32)22(5-2)26(27(35)36-17-19-10-7-6-8-11-19)33(18(3)34)25-15-14-21(16-24(25)29)20-12-13-20;1-3-2/h4-11,14-16,20,26H,2,12-13,17H2,1,3H3;3H2,1-2H3/b9-4-,23-22-;. The summed E-state index contributed by atoms with van der Waals surface area (Å²) in [5.74, 6) is -2.60. The summed E-state index contributed by atoms with van der Waals surface area (Å²) in [5.41, 5.74) is -0.822. The number of halogens is 4. The maximum Gasteiger partial charge on any atom is 0.416 e. The van der Waals surface area contributed by atoms with E-state index in [1.54, 1.807) is 36.4 Å². The number of carbonyl (C=O) groups excluding carboxylic acids is 2. The predicted octanol–water partition coefficient (Wildman–Crippen LogP) is 8.21. The molecular weight excluding hydrogens is 510 g/mol. The molecule has 1 fully saturated rings. The van der Waals surface area contributed by atoms with Crippen LogP contribution in [0.25, 0.3) is 0 Å². The molecule has 0 aromatic heterocycles. The second-order valence-corrected chi connectivity index (χ2v) is 9.15. The first-order valence-corrected chi connectivity index (χ1v) is 12.9. The summed E-state index contributed by atoms with van der Waals surface area (Å²) in [4.78, 5) is 26.9. The van der Waals surface area contributed by atoms with E-state index in [-0.39, 0.29) is 18.2 Å². The summed E-state index contributed by atoms with van der Waals surface area (Å²) < 4.78 is 62.7. The Hall–Kier alpha value is -3.68. The molecule has 0 spiro atoms. The number of allylic oxidation sites excluding steroid dienone is 3. The normalized spacial score (nSPS) is 14.6. The third kappa shape index (κ3) is 8.67. The molecule has 0 bridgehead atoms. The van der Waals surface area contributed by atoms with Crippen LogP contribution in [0, 0.1) is 5.82 Å². The third-order valence-corrected chi connectivity index (χ3v) is 5.79. The molecule has 3 rings (SSSR count). The van der Waals surface area contributed by atoms with Crippen LogP contribution in [0.15, 0.2) is 84.5 Å². The third-order valence-electron chi connectivity index (χ3n) is 5.79. The molecule has 8 heteroatoms. The lowest BCUT2D eigenvalue weighted by Crippen LogP contribution is -2.47. The van der Waals surface area contributed by atoms with Crippen molar-refractivity contribution in [1.82, 2.24) is 0 Å². The number of ether oxygens (including phenoxy) is 1. The van der Waals surface area contributed by atoms with Gasteiger partial charge in [-0.05, 0) is 54.5 Å². The van der Waals surface area contributed by atoms with E-state index in [1.807, 2.05) is 0 Å². The molecule has 0 N–H and O–H groups in total. The Kier molecular flexibility index (Phi) is 11.7. The minimum absolute atomic E-state index is 0.209. The quantitative estimate of drug-likeness (QED) is 0.181. The van der Waals surface area contributed by atoms with E-state index in [9.17, 15) is 22.8 Å². The highest BCUT2D eigenvalue weighted by molar-refractivity contribution is 6.00. The average molecular weight is 546 g/mol. The highest BCUT2D eigenvalue weighted by Crippen LogP contribution is 2.42. The van der Waals surface area contributed by atoms with Gasteiger partial charge in [0.2, 0.25) is 5.91 Å². The van der Waals surface area contributed by atoms with Crippen molar-refractivity contribution in [2.75, 3.05) is 4.90 Å². The van der Waals surface area contributed by atoms with Crippen LogP contribution in [-0.4, -0.2) is 24.1 Å². The van der Waals surface area contributed by atoms with Crippen molar-refractivity contribution in [3.8, 4) is 0 Å². The molecule has 210 valence electrons. The molecule has 1 unspecified atom stereocenters. The number of alkyl halides is 3. The summed E-state index contributed by atoms with van der Waals surface area (Å²) in [6.45, 7) is 9.91. The number of hydrogen-bond acceptors (Lipinski definition) is 3. The Morgan fingerprint density at radius 3 is 2.21 bits per heavy atom. The molecule has 0 radical (unpaired) electrons. The van der Waals surface area contributed by atoms with Crippen LogP contribution in [0.1, 0.15) is 64.0 Å². The first-order chi connectivity index (χ1) is 18.5. The van der Waals surface area contributed by atoms with Crippen molar-refractivity contribution in [3.63, 3.8) is 0 Å². The number of amides is 1. The largest absolute Gasteiger partial charge is 0.459 e. The van der Waals surface area contributed by atoms with Crippen molar-refractivity contribution in [1.29, 1.82) is 0 Å². The Morgan fingerprint density at radius 2 is 1.74 bits per heavy atom. The minimum Gasteiger partial charge on any atom is -0.459 e. The highest BCUT2D eigenvalue weighted by atomic mass is 19.4. The van der Waals surface area contributed by atoms with Gasteiger partial charge >= 0.3 is 12.1 Å². The van der Waals surface area contributed by atoms with Gasteiger partial charge in [0, 0.05) is 6.92 Å². The van der Waals surface area contributed by atoms with Gasteiger partial charge in [-0.1, -0.05) is 81.5 Å². The van der Waals surface area contributed by atoms with Gasteiger partial charge in [-0.3, -0.25) is 9.69 Å². The molecule has 0 heterocycles. The molecular formula is C31H35F4NO3. The van der Waals surface area contributed by atoms with Gasteiger partial charge in [-0.15, -0.1) is 0 Å². The van der Waals surface area contributed by atoms with E-state index in [4.69, 9.17) is 4.74 Å². The first kappa shape index (κ1) is 31.5. The van der Waals surface area contributed by atoms with Crippen molar-refractivity contribution in [3.05, 3.63) is 101 Å². The van der Waals surface area contributed by atoms with Gasteiger partial charge in [0.05, 0.1) is 11.3 Å². The zero-order valence-corrected chi connectivity index (χ0v) is 22.7. The van der Waals surface area contributed by atoms with E-state index in [0.29, 0.717) is 10.5 Å². The van der Waals surface area contributed by atoms with Crippen molar-refractivity contribution < 1.29 is 31.9 Å². The number of carbonyl (C=O) groups is 2. The molecule has 2 aromatic carbocycles. The number of benzene rings is 2. The van der Waals surface area contributed by atoms with Crippen molar-refractivity contribution >= 4 is 17.6 Å². The Balaban J connectivity index is 0.00000170. The smallest absolute Gasteiger partial charge is 0.416 e. The molecule has 0 saturated heterocycles. The lowest BCUT2D eigenvalue weighted by Gasteiger charge is -2.32. The fraction of sp³-hybridized carbons (Fsp3) is 0.355. The minimum atomic E-state index is -4.88. The predicted molar refractivity (Wildman–Crippen MR) is 146 cm³/mol. The van der Waals surface area contributed by atoms with Crippen molar-refractivity contribution in [2.45, 2.75) is 71.7 Å². The van der Waals surface area contributed by atoms with E-state index in [1.165, 1.54) is 25.5 Å². The Bertz CT molecular complexity index is 1200. The SMILES string of the molecule is C=C/C(=C(\C=C/C)C(F)(F)F)C(C(=O)OCc1ccccc1)N(C(C)=O)c1ccc(C2CC2)cc1F.CCC. The molecule has 1 aliphatic rings. The van der Waals surface area contributed by atoms with E-state index in [0.717, 1.165) is 43.6 Å². The van der Waals surface area contributed by atoms with Crippen LogP contribution < -0.4 is 4.90 Å². The molecule has 4 nitrogen and oxygen atoms in total. The molecule has 1 atom stereocenters. The number of rotatable bonds is 9. The van der Waals surface area contributed by atoms with Gasteiger partial charge in [0.1, 0.15) is 12.4 Å². The van der Waals surface area contributed by atoms with E-state index >= 15 is 4.39 Å². The molecule has 1 amide bonds. The highest BCUT2D eigenvalue weighted by Gasteiger charge is 2.42. The maximum absolute atomic E-state index is 15.2. The maximum atomic E-state index is 15.2. The number of esters is 1. The molecule has 1 saturated carbocycles. The van der Waals surface area contributed by atoms with Crippen LogP contribution in [0.4, 0.5) is 23.2 Å². The lowest BCUT2D eigenvalue weighted by molar-refractivity contribution is -0.146. The second-order valence-electron chi connectivity index (χ2n) is 9.15. The van der Waals surface area contributed by atoms with Crippen LogP contribution in [-0.2, 0) is 20.9 Å². The second kappa shape index (κ2) is 14.5. The average Bonchev–Trinajstić information content (AvgIpc) is 3.73. The fourth-order valence-electron chi connectivity index (χ4n) is 3.95. The fourth-order valence-corrected chi connectivity index (χ4v) is 3.95. The van der Waals surface area contributed by atoms with Crippen LogP contribution in [0.5, 0.6) is 0 Å². The molecule has 39 heavy (non-hydrogen) atoms. The molecule has 0 aliphatic heterocycles. The van der Waals surface area contributed by atoms with E-state index in [2.05, 4.69) is 20.4 Å². The van der Waals surface area contributed by atoms with E-state index < -0.39 is 41.1 Å². The van der Waals surface area contributed by atoms with Gasteiger partial charge in [-0.2, -0.15) is 13.2 Å². The molecule has 2 aromatic rings. The van der Waals surface area contributed by atoms with Crippen molar-refractivity contribution in [2.24, 2.45) is 0 Å². The summed E-state index contributed by atoms with van der Waals surface area (Å²) in [7, 11) is 0. The zero-order chi connectivity index (χ0) is 29.2. The summed E-state index contributed by atoms with van der Waals surface area (Å²) >= 11 is 0. The van der Waals surface area contributed by atoms with Crippen LogP contribution in [0.3, 0.4) is 0 Å². The molecule has 1 aliphatic carbocycles. The summed E-state index contributed by atoms with van der Waals surface area (Å²) in [6, 6.07) is 10.8. The van der Waals surface area contributed by atoms with Gasteiger partial charge in [0.15, 0.2) is 6.04 Å². The monoisotopic (exact) mass is 545 g/mol. The number of anilines is 1. The van der Waals surface area contributed by atoms with Crippen LogP contribution in [0.2, 0.25) is 0 Å². The Labute approximate surface area is 227 Å². The van der Waals surface area contributed by atoms with Gasteiger partial charge in [-0.25, -0.2) is 9.18 Å². The summed E-state index contributed by atoms with van der Waals surface area (Å²) in [6.07, 6.45) is 0.965. The van der Waals surface area contributed by atoms with Gasteiger partial charge in [0.25, 0.3) is 0 Å². The topological polar surface area (TPSA) is 46.6 Å². The summed E-state index contributed by atoms with van der Waals surface area (Å²) in [5, 5.41) is 0. The number of hydrogen-bond donors (Lipinski definition) is 0.